The number of nitrogens with zero attached hydrogens (tertiary/aromatic N) is 1. The number of rotatable bonds is 3. The van der Waals surface area contributed by atoms with Gasteiger partial charge in [-0.05, 0) is 22.4 Å². The predicted octanol–water partition coefficient (Wildman–Crippen LogP) is 3.25. The van der Waals surface area contributed by atoms with Crippen LogP contribution in [0, 0.1) is 0 Å². The van der Waals surface area contributed by atoms with Gasteiger partial charge in [0.25, 0.3) is 0 Å². The average molecular weight is 269 g/mol. The second-order valence-electron chi connectivity index (χ2n) is 2.28. The lowest BCUT2D eigenvalue weighted by Gasteiger charge is -2.02. The molecule has 0 aromatic carbocycles. The molecule has 0 saturated carbocycles. The van der Waals surface area contributed by atoms with Crippen molar-refractivity contribution in [2.24, 2.45) is 0 Å². The highest BCUT2D eigenvalue weighted by Crippen LogP contribution is 2.33. The highest BCUT2D eigenvalue weighted by atomic mass is 79.9. The molecule has 66 valence electrons. The van der Waals surface area contributed by atoms with Gasteiger partial charge in [-0.25, -0.2) is 4.98 Å². The molecule has 1 heterocycles. The monoisotopic (exact) mass is 267 g/mol. The summed E-state index contributed by atoms with van der Waals surface area (Å²) in [5.74, 6) is -0.136. The summed E-state index contributed by atoms with van der Waals surface area (Å²) >= 11 is 10.3. The van der Waals surface area contributed by atoms with Crippen LogP contribution in [0.1, 0.15) is 25.0 Å². The topological polar surface area (TPSA) is 30.0 Å². The Balaban J connectivity index is 2.99. The van der Waals surface area contributed by atoms with Crippen LogP contribution in [0.15, 0.2) is 3.79 Å². The molecule has 5 heteroatoms. The number of carbonyl (C=O) groups excluding carboxylic acids is 1. The van der Waals surface area contributed by atoms with Crippen LogP contribution in [0.25, 0.3) is 0 Å². The van der Waals surface area contributed by atoms with Crippen LogP contribution < -0.4 is 0 Å². The number of hydrogen-bond donors (Lipinski definition) is 0. The molecule has 1 atom stereocenters. The van der Waals surface area contributed by atoms with Crippen molar-refractivity contribution in [3.05, 3.63) is 13.9 Å². The summed E-state index contributed by atoms with van der Waals surface area (Å²) in [5, 5.41) is 0. The lowest BCUT2D eigenvalue weighted by atomic mass is 10.1. The molecular formula is C7H7BrClNOS. The normalized spacial score (nSPS) is 12.9. The second-order valence-corrected chi connectivity index (χ2v) is 5.18. The first kappa shape index (κ1) is 10.2. The van der Waals surface area contributed by atoms with Gasteiger partial charge in [-0.15, -0.1) is 0 Å². The Labute approximate surface area is 88.1 Å². The van der Waals surface area contributed by atoms with Crippen molar-refractivity contribution < 1.29 is 4.79 Å². The second kappa shape index (κ2) is 4.35. The number of halogens is 2. The fraction of sp³-hybridized carbons (Fsp3) is 0.429. The van der Waals surface area contributed by atoms with Crippen LogP contribution in [0.4, 0.5) is 0 Å². The van der Waals surface area contributed by atoms with Gasteiger partial charge in [0.15, 0.2) is 4.47 Å². The van der Waals surface area contributed by atoms with Gasteiger partial charge in [-0.2, -0.15) is 0 Å². The Hall–Kier alpha value is 0.0700. The molecule has 2 nitrogen and oxygen atoms in total. The fourth-order valence-electron chi connectivity index (χ4n) is 0.870. The SMILES string of the molecule is CCC(C=O)c1nc(Cl)sc1Br. The van der Waals surface area contributed by atoms with Crippen LogP contribution in [0.3, 0.4) is 0 Å². The average Bonchev–Trinajstić information content (AvgIpc) is 2.34. The third-order valence-electron chi connectivity index (χ3n) is 1.54. The number of carbonyl (C=O) groups is 1. The van der Waals surface area contributed by atoms with E-state index in [4.69, 9.17) is 11.6 Å². The molecule has 0 saturated heterocycles. The Bertz CT molecular complexity index is 289. The molecule has 1 unspecified atom stereocenters. The van der Waals surface area contributed by atoms with E-state index in [1.807, 2.05) is 6.92 Å². The molecule has 0 spiro atoms. The van der Waals surface area contributed by atoms with Gasteiger partial charge in [-0.3, -0.25) is 0 Å². The number of thiazole rings is 1. The highest BCUT2D eigenvalue weighted by Gasteiger charge is 2.16. The molecule has 0 amide bonds. The van der Waals surface area contributed by atoms with Gasteiger partial charge in [-0.1, -0.05) is 29.9 Å². The van der Waals surface area contributed by atoms with Crippen molar-refractivity contribution in [3.63, 3.8) is 0 Å². The molecule has 0 fully saturated rings. The Morgan fingerprint density at radius 1 is 1.83 bits per heavy atom. The molecular weight excluding hydrogens is 262 g/mol. The maximum absolute atomic E-state index is 10.6. The van der Waals surface area contributed by atoms with Crippen LogP contribution >= 0.6 is 38.9 Å². The van der Waals surface area contributed by atoms with Gasteiger partial charge in [0.05, 0.1) is 15.4 Å². The minimum absolute atomic E-state index is 0.136. The summed E-state index contributed by atoms with van der Waals surface area (Å²) in [6.45, 7) is 1.94. The molecule has 1 aromatic heterocycles. The maximum atomic E-state index is 10.6. The predicted molar refractivity (Wildman–Crippen MR) is 53.9 cm³/mol. The smallest absolute Gasteiger partial charge is 0.184 e. The van der Waals surface area contributed by atoms with Gasteiger partial charge >= 0.3 is 0 Å². The van der Waals surface area contributed by atoms with E-state index in [0.717, 1.165) is 22.2 Å². The van der Waals surface area contributed by atoms with Gasteiger partial charge in [0, 0.05) is 0 Å². The zero-order chi connectivity index (χ0) is 9.14. The molecule has 0 aliphatic heterocycles. The molecule has 1 aromatic rings. The molecule has 0 radical (unpaired) electrons. The number of aromatic nitrogens is 1. The van der Waals surface area contributed by atoms with E-state index in [2.05, 4.69) is 20.9 Å². The maximum Gasteiger partial charge on any atom is 0.184 e. The summed E-state index contributed by atoms with van der Waals surface area (Å²) in [4.78, 5) is 14.7. The first-order chi connectivity index (χ1) is 5.69. The molecule has 12 heavy (non-hydrogen) atoms. The highest BCUT2D eigenvalue weighted by molar-refractivity contribution is 9.11. The van der Waals surface area contributed by atoms with Gasteiger partial charge in [0.2, 0.25) is 0 Å². The van der Waals surface area contributed by atoms with Crippen LogP contribution in [0.2, 0.25) is 4.47 Å². The van der Waals surface area contributed by atoms with Gasteiger partial charge < -0.3 is 4.79 Å². The molecule has 1 rings (SSSR count). The van der Waals surface area contributed by atoms with E-state index in [1.54, 1.807) is 0 Å². The van der Waals surface area contributed by atoms with E-state index < -0.39 is 0 Å². The zero-order valence-corrected chi connectivity index (χ0v) is 9.54. The van der Waals surface area contributed by atoms with E-state index in [0.29, 0.717) is 4.47 Å². The van der Waals surface area contributed by atoms with E-state index in [-0.39, 0.29) is 5.92 Å². The summed E-state index contributed by atoms with van der Waals surface area (Å²) < 4.78 is 1.32. The largest absolute Gasteiger partial charge is 0.303 e. The Morgan fingerprint density at radius 2 is 2.50 bits per heavy atom. The zero-order valence-electron chi connectivity index (χ0n) is 6.38. The van der Waals surface area contributed by atoms with Crippen molar-refractivity contribution in [2.45, 2.75) is 19.3 Å². The molecule has 0 N–H and O–H groups in total. The molecule has 0 aliphatic rings. The summed E-state index contributed by atoms with van der Waals surface area (Å²) in [6.07, 6.45) is 1.65. The number of aldehydes is 1. The van der Waals surface area contributed by atoms with E-state index >= 15 is 0 Å². The first-order valence-electron chi connectivity index (χ1n) is 3.46. The van der Waals surface area contributed by atoms with Crippen molar-refractivity contribution in [2.75, 3.05) is 0 Å². The number of hydrogen-bond acceptors (Lipinski definition) is 3. The van der Waals surface area contributed by atoms with Crippen LogP contribution in [0.5, 0.6) is 0 Å². The third-order valence-corrected chi connectivity index (χ3v) is 3.39. The van der Waals surface area contributed by atoms with Crippen molar-refractivity contribution in [1.82, 2.24) is 4.98 Å². The minimum atomic E-state index is -0.136. The van der Waals surface area contributed by atoms with E-state index in [1.165, 1.54) is 11.3 Å². The first-order valence-corrected chi connectivity index (χ1v) is 5.44. The third kappa shape index (κ3) is 2.06. The van der Waals surface area contributed by atoms with Crippen molar-refractivity contribution in [3.8, 4) is 0 Å². The summed E-state index contributed by atoms with van der Waals surface area (Å²) in [7, 11) is 0. The van der Waals surface area contributed by atoms with Crippen molar-refractivity contribution >= 4 is 45.2 Å². The molecule has 0 bridgehead atoms. The fourth-order valence-corrected chi connectivity index (χ4v) is 2.91. The quantitative estimate of drug-likeness (QED) is 0.788. The lowest BCUT2D eigenvalue weighted by Crippen LogP contribution is -1.99. The standard InChI is InChI=1S/C7H7BrClNOS/c1-2-4(3-11)5-6(8)12-7(9)10-5/h3-4H,2H2,1H3. The summed E-state index contributed by atoms with van der Waals surface area (Å²) in [6, 6.07) is 0. The van der Waals surface area contributed by atoms with Crippen LogP contribution in [-0.4, -0.2) is 11.3 Å². The van der Waals surface area contributed by atoms with E-state index in [9.17, 15) is 4.79 Å². The summed E-state index contributed by atoms with van der Waals surface area (Å²) in [5.41, 5.74) is 0.752. The Kier molecular flexibility index (Phi) is 3.68. The van der Waals surface area contributed by atoms with Gasteiger partial charge in [0.1, 0.15) is 6.29 Å². The van der Waals surface area contributed by atoms with Crippen molar-refractivity contribution in [1.29, 1.82) is 0 Å². The molecule has 0 aliphatic carbocycles. The van der Waals surface area contributed by atoms with Crippen LogP contribution in [-0.2, 0) is 4.79 Å². The Morgan fingerprint density at radius 3 is 2.83 bits per heavy atom. The lowest BCUT2D eigenvalue weighted by molar-refractivity contribution is -0.109. The minimum Gasteiger partial charge on any atom is -0.303 e.